The van der Waals surface area contributed by atoms with Gasteiger partial charge in [-0.15, -0.1) is 0 Å². The fraction of sp³-hybridized carbons (Fsp3) is 0.619. The van der Waals surface area contributed by atoms with E-state index in [-0.39, 0.29) is 17.7 Å². The van der Waals surface area contributed by atoms with Crippen LogP contribution in [0.5, 0.6) is 0 Å². The predicted molar refractivity (Wildman–Crippen MR) is 109 cm³/mol. The third kappa shape index (κ3) is 3.64. The van der Waals surface area contributed by atoms with Gasteiger partial charge < -0.3 is 14.5 Å². The predicted octanol–water partition coefficient (Wildman–Crippen LogP) is 3.51. The van der Waals surface area contributed by atoms with Gasteiger partial charge in [-0.05, 0) is 43.4 Å². The molecule has 1 aromatic carbocycles. The first kappa shape index (κ1) is 20.0. The Kier molecular flexibility index (Phi) is 5.86. The molecule has 3 aliphatic rings. The van der Waals surface area contributed by atoms with Crippen molar-refractivity contribution in [3.05, 3.63) is 33.8 Å². The lowest BCUT2D eigenvalue weighted by atomic mass is 9.72. The van der Waals surface area contributed by atoms with Crippen LogP contribution in [0.3, 0.4) is 0 Å². The lowest BCUT2D eigenvalue weighted by Gasteiger charge is -2.44. The van der Waals surface area contributed by atoms with E-state index in [9.17, 15) is 9.59 Å². The van der Waals surface area contributed by atoms with Crippen molar-refractivity contribution in [1.82, 2.24) is 9.80 Å². The molecule has 0 spiro atoms. The fourth-order valence-corrected chi connectivity index (χ4v) is 5.13. The van der Waals surface area contributed by atoms with Crippen molar-refractivity contribution >= 4 is 35.0 Å². The summed E-state index contributed by atoms with van der Waals surface area (Å²) in [5.74, 6) is 0.563. The Hall–Kier alpha value is -1.30. The molecule has 0 radical (unpaired) electrons. The van der Waals surface area contributed by atoms with Gasteiger partial charge >= 0.3 is 0 Å². The molecule has 1 saturated carbocycles. The van der Waals surface area contributed by atoms with E-state index in [0.29, 0.717) is 62.3 Å². The molecule has 4 rings (SSSR count). The van der Waals surface area contributed by atoms with E-state index in [4.69, 9.17) is 27.9 Å². The SMILES string of the molecule is O=C(C1CCC1)N1CCN(C(=O)C2(c3ccc(Cl)cc3Cl)CCOCC2)CC1. The molecule has 7 heteroatoms. The van der Waals surface area contributed by atoms with E-state index in [2.05, 4.69) is 0 Å². The van der Waals surface area contributed by atoms with Crippen LogP contribution in [-0.2, 0) is 19.7 Å². The number of piperazine rings is 1. The van der Waals surface area contributed by atoms with Crippen molar-refractivity contribution in [3.8, 4) is 0 Å². The van der Waals surface area contributed by atoms with Crippen LogP contribution in [-0.4, -0.2) is 61.0 Å². The van der Waals surface area contributed by atoms with Gasteiger partial charge in [-0.3, -0.25) is 9.59 Å². The standard InChI is InChI=1S/C21H26Cl2N2O3/c22-16-4-5-17(18(23)14-16)21(6-12-28-13-7-21)20(27)25-10-8-24(9-11-25)19(26)15-2-1-3-15/h4-5,14-15H,1-3,6-13H2. The number of carbonyl (C=O) groups is 2. The maximum Gasteiger partial charge on any atom is 0.233 e. The molecule has 0 bridgehead atoms. The van der Waals surface area contributed by atoms with Crippen LogP contribution in [0.2, 0.25) is 10.0 Å². The van der Waals surface area contributed by atoms with Crippen LogP contribution < -0.4 is 0 Å². The van der Waals surface area contributed by atoms with Gasteiger partial charge in [0.25, 0.3) is 0 Å². The number of benzene rings is 1. The van der Waals surface area contributed by atoms with Crippen molar-refractivity contribution in [2.24, 2.45) is 5.92 Å². The quantitative estimate of drug-likeness (QED) is 0.745. The van der Waals surface area contributed by atoms with E-state index in [1.807, 2.05) is 15.9 Å². The number of hydrogen-bond donors (Lipinski definition) is 0. The van der Waals surface area contributed by atoms with Crippen LogP contribution in [0.25, 0.3) is 0 Å². The maximum atomic E-state index is 13.7. The normalized spacial score (nSPS) is 22.6. The first-order chi connectivity index (χ1) is 13.5. The number of halogens is 2. The Labute approximate surface area is 175 Å². The van der Waals surface area contributed by atoms with Crippen molar-refractivity contribution in [2.45, 2.75) is 37.5 Å². The Balaban J connectivity index is 1.51. The molecular formula is C21H26Cl2N2O3. The van der Waals surface area contributed by atoms with Crippen LogP contribution in [0.4, 0.5) is 0 Å². The van der Waals surface area contributed by atoms with E-state index in [0.717, 1.165) is 24.8 Å². The average Bonchev–Trinajstić information content (AvgIpc) is 2.66. The number of hydrogen-bond acceptors (Lipinski definition) is 3. The second kappa shape index (κ2) is 8.21. The molecule has 2 heterocycles. The monoisotopic (exact) mass is 424 g/mol. The van der Waals surface area contributed by atoms with Gasteiger partial charge in [-0.1, -0.05) is 35.7 Å². The zero-order chi connectivity index (χ0) is 19.7. The molecule has 0 N–H and O–H groups in total. The van der Waals surface area contributed by atoms with Crippen LogP contribution in [0.1, 0.15) is 37.7 Å². The minimum Gasteiger partial charge on any atom is -0.381 e. The third-order valence-corrected chi connectivity index (χ3v) is 7.08. The number of nitrogens with zero attached hydrogens (tertiary/aromatic N) is 2. The van der Waals surface area contributed by atoms with E-state index in [1.165, 1.54) is 0 Å². The summed E-state index contributed by atoms with van der Waals surface area (Å²) in [6.07, 6.45) is 4.39. The number of carbonyl (C=O) groups excluding carboxylic acids is 2. The highest BCUT2D eigenvalue weighted by Crippen LogP contribution is 2.41. The molecule has 3 fully saturated rings. The molecule has 0 aromatic heterocycles. The number of ether oxygens (including phenoxy) is 1. The Morgan fingerprint density at radius 3 is 2.21 bits per heavy atom. The average molecular weight is 425 g/mol. The van der Waals surface area contributed by atoms with Crippen LogP contribution in [0.15, 0.2) is 18.2 Å². The Morgan fingerprint density at radius 2 is 1.64 bits per heavy atom. The van der Waals surface area contributed by atoms with Crippen molar-refractivity contribution in [1.29, 1.82) is 0 Å². The van der Waals surface area contributed by atoms with Gasteiger partial charge in [0.1, 0.15) is 0 Å². The lowest BCUT2D eigenvalue weighted by molar-refractivity contribution is -0.148. The number of amides is 2. The van der Waals surface area contributed by atoms with Gasteiger partial charge in [0.05, 0.1) is 5.41 Å². The zero-order valence-corrected chi connectivity index (χ0v) is 17.5. The molecule has 1 aliphatic carbocycles. The van der Waals surface area contributed by atoms with Crippen molar-refractivity contribution in [2.75, 3.05) is 39.4 Å². The molecule has 0 atom stereocenters. The van der Waals surface area contributed by atoms with Crippen molar-refractivity contribution < 1.29 is 14.3 Å². The molecule has 2 amide bonds. The van der Waals surface area contributed by atoms with E-state index in [1.54, 1.807) is 12.1 Å². The van der Waals surface area contributed by atoms with Crippen LogP contribution >= 0.6 is 23.2 Å². The topological polar surface area (TPSA) is 49.9 Å². The maximum absolute atomic E-state index is 13.7. The Morgan fingerprint density at radius 1 is 1.00 bits per heavy atom. The summed E-state index contributed by atoms with van der Waals surface area (Å²) in [6.45, 7) is 3.44. The molecule has 28 heavy (non-hydrogen) atoms. The molecule has 152 valence electrons. The molecular weight excluding hydrogens is 399 g/mol. The van der Waals surface area contributed by atoms with E-state index >= 15 is 0 Å². The van der Waals surface area contributed by atoms with E-state index < -0.39 is 5.41 Å². The summed E-state index contributed by atoms with van der Waals surface area (Å²) >= 11 is 12.6. The van der Waals surface area contributed by atoms with Gasteiger partial charge in [0.2, 0.25) is 11.8 Å². The molecule has 5 nitrogen and oxygen atoms in total. The highest BCUT2D eigenvalue weighted by atomic mass is 35.5. The van der Waals surface area contributed by atoms with Gasteiger partial charge in [0.15, 0.2) is 0 Å². The molecule has 2 aliphatic heterocycles. The summed E-state index contributed by atoms with van der Waals surface area (Å²) in [7, 11) is 0. The van der Waals surface area contributed by atoms with Gasteiger partial charge in [-0.25, -0.2) is 0 Å². The summed E-state index contributed by atoms with van der Waals surface area (Å²) in [5, 5.41) is 1.09. The first-order valence-corrected chi connectivity index (χ1v) is 10.9. The van der Waals surface area contributed by atoms with Gasteiger partial charge in [0, 0.05) is 55.4 Å². The number of rotatable bonds is 3. The first-order valence-electron chi connectivity index (χ1n) is 10.1. The third-order valence-electron chi connectivity index (χ3n) is 6.54. The van der Waals surface area contributed by atoms with Crippen LogP contribution in [0, 0.1) is 5.92 Å². The summed E-state index contributed by atoms with van der Waals surface area (Å²) in [6, 6.07) is 5.38. The summed E-state index contributed by atoms with van der Waals surface area (Å²) in [5.41, 5.74) is 0.153. The Bertz CT molecular complexity index is 752. The highest BCUT2D eigenvalue weighted by molar-refractivity contribution is 6.35. The summed E-state index contributed by atoms with van der Waals surface area (Å²) in [4.78, 5) is 30.0. The minimum absolute atomic E-state index is 0.0933. The highest BCUT2D eigenvalue weighted by Gasteiger charge is 2.46. The second-order valence-electron chi connectivity index (χ2n) is 8.06. The van der Waals surface area contributed by atoms with Crippen molar-refractivity contribution in [3.63, 3.8) is 0 Å². The summed E-state index contributed by atoms with van der Waals surface area (Å²) < 4.78 is 5.55. The fourth-order valence-electron chi connectivity index (χ4n) is 4.54. The largest absolute Gasteiger partial charge is 0.381 e. The lowest BCUT2D eigenvalue weighted by Crippen LogP contribution is -2.57. The minimum atomic E-state index is -0.680. The van der Waals surface area contributed by atoms with Gasteiger partial charge in [-0.2, -0.15) is 0 Å². The zero-order valence-electron chi connectivity index (χ0n) is 16.0. The molecule has 1 aromatic rings. The molecule has 0 unspecified atom stereocenters. The smallest absolute Gasteiger partial charge is 0.233 e. The molecule has 2 saturated heterocycles. The second-order valence-corrected chi connectivity index (χ2v) is 8.91.